The van der Waals surface area contributed by atoms with Gasteiger partial charge in [0.2, 0.25) is 0 Å². The molecule has 0 aromatic heterocycles. The maximum absolute atomic E-state index is 6.06. The normalized spacial score (nSPS) is 22.2. The third-order valence-electron chi connectivity index (χ3n) is 4.44. The summed E-state index contributed by atoms with van der Waals surface area (Å²) in [6, 6.07) is 9.31. The number of rotatable bonds is 6. The summed E-state index contributed by atoms with van der Waals surface area (Å²) in [5.41, 5.74) is 7.35. The first-order chi connectivity index (χ1) is 10.2. The molecule has 0 radical (unpaired) electrons. The molecule has 1 aromatic rings. The lowest BCUT2D eigenvalue weighted by Crippen LogP contribution is -2.53. The Balaban J connectivity index is 2.05. The Labute approximate surface area is 128 Å². The van der Waals surface area contributed by atoms with Gasteiger partial charge >= 0.3 is 0 Å². The van der Waals surface area contributed by atoms with E-state index in [1.54, 1.807) is 0 Å². The molecule has 21 heavy (non-hydrogen) atoms. The van der Waals surface area contributed by atoms with Crippen LogP contribution >= 0.6 is 0 Å². The van der Waals surface area contributed by atoms with Crippen LogP contribution in [0.3, 0.4) is 0 Å². The van der Waals surface area contributed by atoms with Gasteiger partial charge in [-0.15, -0.1) is 0 Å². The molecule has 4 nitrogen and oxygen atoms in total. The Morgan fingerprint density at radius 3 is 2.48 bits per heavy atom. The van der Waals surface area contributed by atoms with Crippen molar-refractivity contribution in [3.05, 3.63) is 29.8 Å². The maximum atomic E-state index is 6.06. The summed E-state index contributed by atoms with van der Waals surface area (Å²) in [4.78, 5) is 5.05. The first-order valence-corrected chi connectivity index (χ1v) is 8.10. The number of nitrogens with two attached hydrogens (primary N) is 1. The van der Waals surface area contributed by atoms with E-state index >= 15 is 0 Å². The van der Waals surface area contributed by atoms with E-state index in [1.165, 1.54) is 5.56 Å². The van der Waals surface area contributed by atoms with Crippen LogP contribution in [0.15, 0.2) is 24.3 Å². The monoisotopic (exact) mass is 291 g/mol. The third-order valence-corrected chi connectivity index (χ3v) is 4.44. The third kappa shape index (κ3) is 3.96. The van der Waals surface area contributed by atoms with Crippen LogP contribution in [-0.4, -0.2) is 55.2 Å². The van der Waals surface area contributed by atoms with Crippen LogP contribution in [-0.2, 0) is 0 Å². The van der Waals surface area contributed by atoms with Gasteiger partial charge in [0.25, 0.3) is 0 Å². The van der Waals surface area contributed by atoms with Crippen molar-refractivity contribution in [2.24, 2.45) is 5.73 Å². The molecule has 1 saturated heterocycles. The van der Waals surface area contributed by atoms with Crippen molar-refractivity contribution in [1.82, 2.24) is 9.80 Å². The van der Waals surface area contributed by atoms with E-state index < -0.39 is 0 Å². The standard InChI is InChI=1S/C17H29N3O/c1-4-19-10-11-20(13-14(19)3)17(12-18)15-6-8-16(9-7-15)21-5-2/h6-9,14,17H,4-5,10-13,18H2,1-3H3. The molecule has 2 unspecified atom stereocenters. The summed E-state index contributed by atoms with van der Waals surface area (Å²) in [7, 11) is 0. The second kappa shape index (κ2) is 7.78. The highest BCUT2D eigenvalue weighted by molar-refractivity contribution is 5.29. The van der Waals surface area contributed by atoms with Gasteiger partial charge in [0.15, 0.2) is 0 Å². The van der Waals surface area contributed by atoms with Crippen LogP contribution in [0.4, 0.5) is 0 Å². The van der Waals surface area contributed by atoms with Gasteiger partial charge in [-0.3, -0.25) is 9.80 Å². The minimum Gasteiger partial charge on any atom is -0.494 e. The van der Waals surface area contributed by atoms with Gasteiger partial charge in [0, 0.05) is 38.3 Å². The molecule has 1 aliphatic rings. The van der Waals surface area contributed by atoms with Crippen molar-refractivity contribution < 1.29 is 4.74 Å². The average molecular weight is 291 g/mol. The van der Waals surface area contributed by atoms with Crippen molar-refractivity contribution in [2.75, 3.05) is 39.3 Å². The molecule has 2 N–H and O–H groups in total. The van der Waals surface area contributed by atoms with E-state index in [0.29, 0.717) is 25.2 Å². The van der Waals surface area contributed by atoms with Crippen molar-refractivity contribution in [1.29, 1.82) is 0 Å². The highest BCUT2D eigenvalue weighted by Crippen LogP contribution is 2.25. The number of nitrogens with zero attached hydrogens (tertiary/aromatic N) is 2. The zero-order chi connectivity index (χ0) is 15.2. The number of ether oxygens (including phenoxy) is 1. The van der Waals surface area contributed by atoms with E-state index in [1.807, 2.05) is 19.1 Å². The Morgan fingerprint density at radius 2 is 1.95 bits per heavy atom. The second-order valence-electron chi connectivity index (χ2n) is 5.73. The van der Waals surface area contributed by atoms with Gasteiger partial charge in [-0.05, 0) is 38.1 Å². The highest BCUT2D eigenvalue weighted by atomic mass is 16.5. The predicted molar refractivity (Wildman–Crippen MR) is 87.7 cm³/mol. The number of hydrogen-bond acceptors (Lipinski definition) is 4. The predicted octanol–water partition coefficient (Wildman–Crippen LogP) is 2.11. The van der Waals surface area contributed by atoms with Crippen LogP contribution in [0.5, 0.6) is 5.75 Å². The van der Waals surface area contributed by atoms with Crippen LogP contribution in [0.2, 0.25) is 0 Å². The van der Waals surface area contributed by atoms with E-state index in [2.05, 4.69) is 35.8 Å². The molecule has 1 aliphatic heterocycles. The zero-order valence-corrected chi connectivity index (χ0v) is 13.6. The van der Waals surface area contributed by atoms with Crippen LogP contribution in [0.1, 0.15) is 32.4 Å². The molecule has 1 fully saturated rings. The van der Waals surface area contributed by atoms with Gasteiger partial charge in [-0.2, -0.15) is 0 Å². The molecule has 2 rings (SSSR count). The number of piperazine rings is 1. The number of benzene rings is 1. The van der Waals surface area contributed by atoms with E-state index in [4.69, 9.17) is 10.5 Å². The number of likely N-dealkylation sites (N-methyl/N-ethyl adjacent to an activating group) is 1. The van der Waals surface area contributed by atoms with Crippen molar-refractivity contribution in [3.63, 3.8) is 0 Å². The van der Waals surface area contributed by atoms with Gasteiger partial charge in [0.1, 0.15) is 5.75 Å². The quantitative estimate of drug-likeness (QED) is 0.871. The van der Waals surface area contributed by atoms with Crippen molar-refractivity contribution in [3.8, 4) is 5.75 Å². The molecule has 118 valence electrons. The molecule has 2 atom stereocenters. The molecule has 0 bridgehead atoms. The summed E-state index contributed by atoms with van der Waals surface area (Å²) in [5, 5.41) is 0. The Kier molecular flexibility index (Phi) is 6.03. The summed E-state index contributed by atoms with van der Waals surface area (Å²) in [6.45, 7) is 12.3. The lowest BCUT2D eigenvalue weighted by atomic mass is 10.0. The molecule has 1 heterocycles. The molecular weight excluding hydrogens is 262 g/mol. The second-order valence-corrected chi connectivity index (χ2v) is 5.73. The lowest BCUT2D eigenvalue weighted by Gasteiger charge is -2.42. The average Bonchev–Trinajstić information content (AvgIpc) is 2.50. The molecule has 0 aliphatic carbocycles. The molecule has 0 amide bonds. The largest absolute Gasteiger partial charge is 0.494 e. The smallest absolute Gasteiger partial charge is 0.119 e. The highest BCUT2D eigenvalue weighted by Gasteiger charge is 2.27. The van der Waals surface area contributed by atoms with Crippen LogP contribution in [0, 0.1) is 0 Å². The summed E-state index contributed by atoms with van der Waals surface area (Å²) < 4.78 is 5.51. The van der Waals surface area contributed by atoms with Gasteiger partial charge in [-0.25, -0.2) is 0 Å². The van der Waals surface area contributed by atoms with Gasteiger partial charge in [0.05, 0.1) is 6.61 Å². The zero-order valence-electron chi connectivity index (χ0n) is 13.6. The van der Waals surface area contributed by atoms with E-state index in [9.17, 15) is 0 Å². The molecule has 1 aromatic carbocycles. The fourth-order valence-electron chi connectivity index (χ4n) is 3.23. The van der Waals surface area contributed by atoms with Gasteiger partial charge < -0.3 is 10.5 Å². The first kappa shape index (κ1) is 16.3. The SMILES string of the molecule is CCOc1ccc(C(CN)N2CCN(CC)C(C)C2)cc1. The topological polar surface area (TPSA) is 41.7 Å². The Morgan fingerprint density at radius 1 is 1.24 bits per heavy atom. The fraction of sp³-hybridized carbons (Fsp3) is 0.647. The summed E-state index contributed by atoms with van der Waals surface area (Å²) >= 11 is 0. The first-order valence-electron chi connectivity index (χ1n) is 8.10. The fourth-order valence-corrected chi connectivity index (χ4v) is 3.23. The molecule has 0 spiro atoms. The Hall–Kier alpha value is -1.10. The van der Waals surface area contributed by atoms with Gasteiger partial charge in [-0.1, -0.05) is 19.1 Å². The summed E-state index contributed by atoms with van der Waals surface area (Å²) in [5.74, 6) is 0.932. The van der Waals surface area contributed by atoms with Crippen LogP contribution < -0.4 is 10.5 Å². The lowest BCUT2D eigenvalue weighted by molar-refractivity contribution is 0.0606. The Bertz CT molecular complexity index is 421. The maximum Gasteiger partial charge on any atom is 0.119 e. The van der Waals surface area contributed by atoms with Crippen LogP contribution in [0.25, 0.3) is 0 Å². The summed E-state index contributed by atoms with van der Waals surface area (Å²) in [6.07, 6.45) is 0. The van der Waals surface area contributed by atoms with E-state index in [0.717, 1.165) is 31.9 Å². The minimum absolute atomic E-state index is 0.308. The van der Waals surface area contributed by atoms with E-state index in [-0.39, 0.29) is 0 Å². The van der Waals surface area contributed by atoms with Crippen molar-refractivity contribution >= 4 is 0 Å². The minimum atomic E-state index is 0.308. The molecular formula is C17H29N3O. The molecule has 0 saturated carbocycles. The number of hydrogen-bond donors (Lipinski definition) is 1. The van der Waals surface area contributed by atoms with Crippen molar-refractivity contribution in [2.45, 2.75) is 32.9 Å². The molecule has 4 heteroatoms.